The summed E-state index contributed by atoms with van der Waals surface area (Å²) in [5, 5.41) is 31.9. The molecule has 0 radical (unpaired) electrons. The average Bonchev–Trinajstić information content (AvgIpc) is 0.855. The molecule has 0 aliphatic carbocycles. The molecule has 528 valence electrons. The van der Waals surface area contributed by atoms with Crippen LogP contribution in [0.15, 0.2) is 364 Å². The van der Waals surface area contributed by atoms with E-state index < -0.39 is 0 Å². The van der Waals surface area contributed by atoms with Crippen molar-refractivity contribution in [3.05, 3.63) is 392 Å². The molecule has 0 spiro atoms. The molecular weight excluding hydrogens is 1640 g/mol. The number of nitriles is 2. The molecule has 21 aromatic rings. The van der Waals surface area contributed by atoms with Crippen LogP contribution in [0.5, 0.6) is 0 Å². The molecule has 0 atom stereocenters. The van der Waals surface area contributed by atoms with Crippen LogP contribution in [-0.4, -0.2) is 64.7 Å². The van der Waals surface area contributed by atoms with E-state index in [1.54, 1.807) is 0 Å². The van der Waals surface area contributed by atoms with E-state index in [0.717, 1.165) is 117 Å². The predicted molar refractivity (Wildman–Crippen MR) is 484 cm³/mol. The molecule has 0 N–H and O–H groups in total. The Hall–Kier alpha value is -12.5. The van der Waals surface area contributed by atoms with Crippen molar-refractivity contribution in [2.45, 2.75) is 5.92 Å². The zero-order valence-electron chi connectivity index (χ0n) is 61.2. The third-order valence-corrected chi connectivity index (χ3v) is 33.1. The summed E-state index contributed by atoms with van der Waals surface area (Å²) in [6, 6.07) is 143. The van der Waals surface area contributed by atoms with Gasteiger partial charge in [-0.15, -0.1) is 0 Å². The fourth-order valence-corrected chi connectivity index (χ4v) is 28.1. The Kier molecular flexibility index (Phi) is 16.0. The van der Waals surface area contributed by atoms with Gasteiger partial charge in [-0.3, -0.25) is 0 Å². The predicted octanol–water partition coefficient (Wildman–Crippen LogP) is 24.1. The fraction of sp³-hybridized carbons (Fsp3) is 0.00952. The monoisotopic (exact) mass is 1710 g/mol. The molecule has 9 heteroatoms. The molecule has 0 saturated carbocycles. The molecule has 2 aliphatic heterocycles. The molecule has 0 fully saturated rings. The topological polar surface area (TPSA) is 54.1 Å². The Morgan fingerprint density at radius 1 is 0.237 bits per heavy atom. The van der Waals surface area contributed by atoms with Crippen LogP contribution in [0, 0.1) is 22.7 Å². The second kappa shape index (κ2) is 27.1. The van der Waals surface area contributed by atoms with Gasteiger partial charge in [0.1, 0.15) is 0 Å². The van der Waals surface area contributed by atoms with Crippen LogP contribution in [0.1, 0.15) is 33.7 Å². The first-order valence-electron chi connectivity index (χ1n) is 38.5. The summed E-state index contributed by atoms with van der Waals surface area (Å²) in [4.78, 5) is 5.42. The van der Waals surface area contributed by atoms with Crippen molar-refractivity contribution in [2.75, 3.05) is 9.80 Å². The summed E-state index contributed by atoms with van der Waals surface area (Å²) in [5.74, 6) is -0.245. The Labute approximate surface area is 683 Å². The molecule has 6 heterocycles. The first-order chi connectivity index (χ1) is 56.4. The van der Waals surface area contributed by atoms with Gasteiger partial charge in [0.25, 0.3) is 0 Å². The van der Waals surface area contributed by atoms with Gasteiger partial charge < -0.3 is 0 Å². The number of anilines is 6. The van der Waals surface area contributed by atoms with E-state index in [2.05, 4.69) is 350 Å². The molecule has 0 unspecified atom stereocenters. The van der Waals surface area contributed by atoms with Gasteiger partial charge in [0.05, 0.1) is 12.1 Å². The van der Waals surface area contributed by atoms with Gasteiger partial charge in [0.15, 0.2) is 0 Å². The molecule has 0 amide bonds. The van der Waals surface area contributed by atoms with Crippen molar-refractivity contribution in [1.29, 1.82) is 10.5 Å². The summed E-state index contributed by atoms with van der Waals surface area (Å²) in [6.45, 7) is -0.330. The van der Waals surface area contributed by atoms with Crippen LogP contribution in [0.3, 0.4) is 0 Å². The maximum absolute atomic E-state index is 10.7. The summed E-state index contributed by atoms with van der Waals surface area (Å²) in [6.07, 6.45) is 0. The molecular formula is C105H61BN4Se4. The number of benzene rings is 17. The standard InChI is InChI=1S/C105H61BN4Se4/c107-61-63-19-15-25-67(51-63)69-43-49-88-90(53-69)109(104-76(71-39-45-84-80-27-7-11-35-94(80)111-98(84)57-71)31-17-32-77(104)72-40-46-85-81-28-8-12-36-95(81)112-99(85)58-72)92-55-75(102(65-21-3-1-4-22-65)66-23-5-2-6-24-66)56-93-103(92)106(88)89-50-44-70(68-26-16-20-64(52-68)62-108)54-91(89)110(93)105-78(73-41-47-86-82-29-9-13-37-96(82)113-100(86)59-73)33-18-34-79(105)74-42-48-87-83-30-10-14-38-97(83)114-101(87)60-74/h1-60,102H. The summed E-state index contributed by atoms with van der Waals surface area (Å²) < 4.78 is 11.2. The third-order valence-electron chi connectivity index (χ3n) is 23.6. The molecule has 17 aromatic carbocycles. The van der Waals surface area contributed by atoms with E-state index in [1.807, 2.05) is 36.4 Å². The van der Waals surface area contributed by atoms with Crippen LogP contribution >= 0.6 is 0 Å². The van der Waals surface area contributed by atoms with E-state index >= 15 is 0 Å². The first-order valence-corrected chi connectivity index (χ1v) is 45.4. The van der Waals surface area contributed by atoms with Gasteiger partial charge in [0, 0.05) is 0 Å². The quantitative estimate of drug-likeness (QED) is 0.0957. The number of fused-ring (bicyclic) bond motifs is 16. The van der Waals surface area contributed by atoms with Crippen LogP contribution in [0.4, 0.5) is 34.1 Å². The van der Waals surface area contributed by atoms with Gasteiger partial charge in [-0.25, -0.2) is 0 Å². The summed E-state index contributed by atoms with van der Waals surface area (Å²) >= 11 is 0.363. The molecule has 4 nitrogen and oxygen atoms in total. The van der Waals surface area contributed by atoms with Gasteiger partial charge in [-0.2, -0.15) is 10.5 Å². The SMILES string of the molecule is N#Cc1cccc(-c2ccc3c(c2)N(c2c(-c4ccc5c(c4)[se]c4ccccc45)cccc2-c2ccc4c(c2)[se]c2ccccc24)c2cc(C(c4ccccc4)c4ccccc4)cc4c2B3c2ccc(-c3cccc(C#N)c3)cc2N4c2c(-c3ccc4c(c3)[se]c3ccccc34)cccc2-c2ccc3c(c2)[se]c2ccccc23)c1. The van der Waals surface area contributed by atoms with Crippen molar-refractivity contribution in [2.24, 2.45) is 0 Å². The van der Waals surface area contributed by atoms with Crippen molar-refractivity contribution in [3.8, 4) is 78.9 Å². The third kappa shape index (κ3) is 10.9. The van der Waals surface area contributed by atoms with Gasteiger partial charge in [0.2, 0.25) is 0 Å². The number of hydrogen-bond acceptors (Lipinski definition) is 4. The van der Waals surface area contributed by atoms with E-state index in [-0.39, 0.29) is 70.6 Å². The second-order valence-electron chi connectivity index (χ2n) is 29.9. The van der Waals surface area contributed by atoms with E-state index in [1.165, 1.54) is 93.8 Å². The minimum atomic E-state index is -0.330. The molecule has 2 aliphatic rings. The van der Waals surface area contributed by atoms with E-state index in [9.17, 15) is 10.5 Å². The molecule has 4 aromatic heterocycles. The Bertz CT molecular complexity index is 6990. The zero-order chi connectivity index (χ0) is 75.2. The molecule has 114 heavy (non-hydrogen) atoms. The normalized spacial score (nSPS) is 12.4. The average molecular weight is 1710 g/mol. The Morgan fingerprint density at radius 3 is 0.895 bits per heavy atom. The van der Waals surface area contributed by atoms with Crippen LogP contribution < -0.4 is 26.2 Å². The van der Waals surface area contributed by atoms with Gasteiger partial charge >= 0.3 is 618 Å². The summed E-state index contributed by atoms with van der Waals surface area (Å²) in [5.41, 5.74) is 27.8. The van der Waals surface area contributed by atoms with Crippen molar-refractivity contribution < 1.29 is 0 Å². The zero-order valence-corrected chi connectivity index (χ0v) is 68.1. The van der Waals surface area contributed by atoms with Gasteiger partial charge in [-0.1, -0.05) is 36.4 Å². The van der Waals surface area contributed by atoms with Crippen LogP contribution in [0.25, 0.3) is 144 Å². The minimum absolute atomic E-state index is 0.0909. The number of hydrogen-bond donors (Lipinski definition) is 0. The van der Waals surface area contributed by atoms with E-state index in [4.69, 9.17) is 0 Å². The number of rotatable bonds is 11. The number of para-hydroxylation sites is 2. The molecule has 0 saturated heterocycles. The van der Waals surface area contributed by atoms with Crippen LogP contribution in [0.2, 0.25) is 0 Å². The first kappa shape index (κ1) is 67.2. The van der Waals surface area contributed by atoms with Gasteiger partial charge in [-0.05, 0) is 12.1 Å². The second-order valence-corrected chi connectivity index (χ2v) is 39.0. The summed E-state index contributed by atoms with van der Waals surface area (Å²) in [7, 11) is 0. The molecule has 23 rings (SSSR count). The Balaban J connectivity index is 0.890. The van der Waals surface area contributed by atoms with Crippen molar-refractivity contribution in [3.63, 3.8) is 0 Å². The maximum atomic E-state index is 10.7. The Morgan fingerprint density at radius 2 is 0.544 bits per heavy atom. The van der Waals surface area contributed by atoms with Crippen molar-refractivity contribution in [1.82, 2.24) is 0 Å². The van der Waals surface area contributed by atoms with E-state index in [0.29, 0.717) is 11.1 Å². The van der Waals surface area contributed by atoms with Crippen molar-refractivity contribution >= 4 is 192 Å². The fourth-order valence-electron chi connectivity index (χ4n) is 18.5. The number of nitrogens with zero attached hydrogens (tertiary/aromatic N) is 4. The molecule has 0 bridgehead atoms. The van der Waals surface area contributed by atoms with Crippen LogP contribution in [-0.2, 0) is 0 Å².